The molecule has 2 aromatic carbocycles. The lowest BCUT2D eigenvalue weighted by Crippen LogP contribution is -2.30. The van der Waals surface area contributed by atoms with Crippen molar-refractivity contribution in [3.05, 3.63) is 47.5 Å². The molecule has 0 heterocycles. The lowest BCUT2D eigenvalue weighted by Gasteiger charge is -2.18. The molecule has 31 heavy (non-hydrogen) atoms. The number of sulfonamides is 1. The van der Waals surface area contributed by atoms with Crippen molar-refractivity contribution in [2.24, 2.45) is 0 Å². The molecule has 0 spiro atoms. The van der Waals surface area contributed by atoms with Crippen LogP contribution >= 0.6 is 0 Å². The molecule has 0 bridgehead atoms. The van der Waals surface area contributed by atoms with Gasteiger partial charge < -0.3 is 19.5 Å². The van der Waals surface area contributed by atoms with Crippen LogP contribution in [0.15, 0.2) is 41.3 Å². The minimum absolute atomic E-state index is 0.0780. The van der Waals surface area contributed by atoms with E-state index in [1.54, 1.807) is 13.8 Å². The van der Waals surface area contributed by atoms with E-state index in [0.29, 0.717) is 24.6 Å². The number of esters is 1. The van der Waals surface area contributed by atoms with E-state index in [2.05, 4.69) is 5.32 Å². The van der Waals surface area contributed by atoms with E-state index in [0.717, 1.165) is 0 Å². The van der Waals surface area contributed by atoms with Gasteiger partial charge >= 0.3 is 5.97 Å². The fourth-order valence-electron chi connectivity index (χ4n) is 2.95. The van der Waals surface area contributed by atoms with Crippen molar-refractivity contribution in [1.82, 2.24) is 4.31 Å². The molecule has 0 radical (unpaired) electrons. The summed E-state index contributed by atoms with van der Waals surface area (Å²) < 4.78 is 41.7. The van der Waals surface area contributed by atoms with Crippen molar-refractivity contribution in [1.29, 1.82) is 0 Å². The molecule has 0 aliphatic rings. The van der Waals surface area contributed by atoms with Gasteiger partial charge in [0.1, 0.15) is 0 Å². The number of carbonyl (C=O) groups is 2. The largest absolute Gasteiger partial charge is 0.493 e. The average Bonchev–Trinajstić information content (AvgIpc) is 2.78. The van der Waals surface area contributed by atoms with Crippen molar-refractivity contribution >= 4 is 27.6 Å². The van der Waals surface area contributed by atoms with Gasteiger partial charge in [-0.2, -0.15) is 4.31 Å². The van der Waals surface area contributed by atoms with Gasteiger partial charge in [-0.1, -0.05) is 13.8 Å². The van der Waals surface area contributed by atoms with Crippen LogP contribution in [0.5, 0.6) is 11.5 Å². The van der Waals surface area contributed by atoms with Crippen LogP contribution in [0.25, 0.3) is 0 Å². The highest BCUT2D eigenvalue weighted by atomic mass is 32.2. The van der Waals surface area contributed by atoms with Crippen LogP contribution in [0.4, 0.5) is 5.69 Å². The van der Waals surface area contributed by atoms with Gasteiger partial charge in [-0.05, 0) is 24.3 Å². The average molecular weight is 451 g/mol. The van der Waals surface area contributed by atoms with Crippen LogP contribution in [-0.2, 0) is 14.8 Å². The van der Waals surface area contributed by atoms with E-state index in [9.17, 15) is 18.0 Å². The number of methoxy groups -OCH3 is 3. The number of hydrogen-bond acceptors (Lipinski definition) is 7. The molecule has 0 unspecified atom stereocenters. The predicted octanol–water partition coefficient (Wildman–Crippen LogP) is 2.77. The highest BCUT2D eigenvalue weighted by Gasteiger charge is 2.23. The first-order valence-corrected chi connectivity index (χ1v) is 10.9. The second kappa shape index (κ2) is 10.3. The van der Waals surface area contributed by atoms with Gasteiger partial charge in [0.05, 0.1) is 37.5 Å². The second-order valence-corrected chi connectivity index (χ2v) is 8.25. The SMILES string of the molecule is CCN(CC)S(=O)(=O)c1ccc(C(=O)Nc2cc(OC)c(OC)cc2C(=O)OC)cc1. The number of hydrogen-bond donors (Lipinski definition) is 1. The molecule has 1 N–H and O–H groups in total. The minimum atomic E-state index is -3.63. The van der Waals surface area contributed by atoms with Crippen molar-refractivity contribution in [2.45, 2.75) is 18.7 Å². The summed E-state index contributed by atoms with van der Waals surface area (Å²) in [6.07, 6.45) is 0. The highest BCUT2D eigenvalue weighted by Crippen LogP contribution is 2.34. The van der Waals surface area contributed by atoms with Gasteiger partial charge in [0.25, 0.3) is 5.91 Å². The molecule has 2 rings (SSSR count). The zero-order valence-corrected chi connectivity index (χ0v) is 18.9. The summed E-state index contributed by atoms with van der Waals surface area (Å²) in [5.74, 6) is -0.598. The summed E-state index contributed by atoms with van der Waals surface area (Å²) in [6.45, 7) is 4.20. The summed E-state index contributed by atoms with van der Waals surface area (Å²) in [5, 5.41) is 2.64. The maximum Gasteiger partial charge on any atom is 0.340 e. The quantitative estimate of drug-likeness (QED) is 0.585. The van der Waals surface area contributed by atoms with Crippen molar-refractivity contribution < 1.29 is 32.2 Å². The topological polar surface area (TPSA) is 111 Å². The molecule has 9 nitrogen and oxygen atoms in total. The molecular formula is C21H26N2O7S. The van der Waals surface area contributed by atoms with Gasteiger partial charge in [0, 0.05) is 30.8 Å². The number of ether oxygens (including phenoxy) is 3. The molecule has 0 aromatic heterocycles. The number of rotatable bonds is 9. The Bertz CT molecular complexity index is 1050. The number of benzene rings is 2. The molecule has 0 aliphatic carbocycles. The number of carbonyl (C=O) groups excluding carboxylic acids is 2. The zero-order valence-electron chi connectivity index (χ0n) is 18.1. The maximum absolute atomic E-state index is 12.7. The van der Waals surface area contributed by atoms with Crippen molar-refractivity contribution in [3.8, 4) is 11.5 Å². The Hall–Kier alpha value is -3.11. The van der Waals surface area contributed by atoms with Crippen molar-refractivity contribution in [2.75, 3.05) is 39.7 Å². The molecule has 2 aromatic rings. The number of nitrogens with one attached hydrogen (secondary N) is 1. The summed E-state index contributed by atoms with van der Waals surface area (Å²) in [5.41, 5.74) is 0.452. The predicted molar refractivity (Wildman–Crippen MR) is 115 cm³/mol. The van der Waals surface area contributed by atoms with Crippen LogP contribution in [-0.4, -0.2) is 59.0 Å². The van der Waals surface area contributed by atoms with Crippen LogP contribution in [0.1, 0.15) is 34.6 Å². The summed E-state index contributed by atoms with van der Waals surface area (Å²) in [4.78, 5) is 25.0. The van der Waals surface area contributed by atoms with Crippen LogP contribution in [0, 0.1) is 0 Å². The molecule has 0 fully saturated rings. The third kappa shape index (κ3) is 5.15. The molecule has 0 saturated heterocycles. The Morgan fingerprint density at radius 3 is 1.97 bits per heavy atom. The molecule has 0 saturated carbocycles. The molecule has 0 atom stereocenters. The van der Waals surface area contributed by atoms with Gasteiger partial charge in [0.2, 0.25) is 10.0 Å². The Morgan fingerprint density at radius 1 is 0.935 bits per heavy atom. The van der Waals surface area contributed by atoms with E-state index >= 15 is 0 Å². The summed E-state index contributed by atoms with van der Waals surface area (Å²) >= 11 is 0. The molecule has 1 amide bonds. The normalized spacial score (nSPS) is 11.2. The smallest absolute Gasteiger partial charge is 0.340 e. The van der Waals surface area contributed by atoms with Crippen LogP contribution < -0.4 is 14.8 Å². The van der Waals surface area contributed by atoms with Crippen LogP contribution in [0.2, 0.25) is 0 Å². The molecule has 10 heteroatoms. The first kappa shape index (κ1) is 24.2. The molecular weight excluding hydrogens is 424 g/mol. The van der Waals surface area contributed by atoms with E-state index in [4.69, 9.17) is 14.2 Å². The first-order chi connectivity index (χ1) is 14.7. The Kier molecular flexibility index (Phi) is 8.01. The number of nitrogens with zero attached hydrogens (tertiary/aromatic N) is 1. The Morgan fingerprint density at radius 2 is 1.48 bits per heavy atom. The third-order valence-electron chi connectivity index (χ3n) is 4.64. The van der Waals surface area contributed by atoms with Gasteiger partial charge in [-0.15, -0.1) is 0 Å². The standard InChI is InChI=1S/C21H26N2O7S/c1-6-23(7-2)31(26,27)15-10-8-14(9-11-15)20(24)22-17-13-19(29-4)18(28-3)12-16(17)21(25)30-5/h8-13H,6-7H2,1-5H3,(H,22,24). The van der Waals surface area contributed by atoms with Gasteiger partial charge in [0.15, 0.2) is 11.5 Å². The van der Waals surface area contributed by atoms with E-state index in [1.807, 2.05) is 0 Å². The second-order valence-electron chi connectivity index (χ2n) is 6.31. The maximum atomic E-state index is 12.7. The molecule has 0 aliphatic heterocycles. The Balaban J connectivity index is 2.36. The lowest BCUT2D eigenvalue weighted by atomic mass is 10.1. The fourth-order valence-corrected chi connectivity index (χ4v) is 4.40. The monoisotopic (exact) mass is 450 g/mol. The van der Waals surface area contributed by atoms with Gasteiger partial charge in [-0.25, -0.2) is 13.2 Å². The van der Waals surface area contributed by atoms with E-state index in [1.165, 1.54) is 62.0 Å². The highest BCUT2D eigenvalue weighted by molar-refractivity contribution is 7.89. The minimum Gasteiger partial charge on any atom is -0.493 e. The molecule has 168 valence electrons. The van der Waals surface area contributed by atoms with E-state index < -0.39 is 21.9 Å². The Labute approximate surface area is 182 Å². The van der Waals surface area contributed by atoms with E-state index in [-0.39, 0.29) is 21.7 Å². The van der Waals surface area contributed by atoms with Gasteiger partial charge in [-0.3, -0.25) is 4.79 Å². The summed E-state index contributed by atoms with van der Waals surface area (Å²) in [6, 6.07) is 8.41. The number of amides is 1. The zero-order chi connectivity index (χ0) is 23.2. The fraction of sp³-hybridized carbons (Fsp3) is 0.333. The first-order valence-electron chi connectivity index (χ1n) is 9.49. The van der Waals surface area contributed by atoms with Crippen LogP contribution in [0.3, 0.4) is 0 Å². The van der Waals surface area contributed by atoms with Crippen molar-refractivity contribution in [3.63, 3.8) is 0 Å². The number of anilines is 1. The third-order valence-corrected chi connectivity index (χ3v) is 6.70. The summed E-state index contributed by atoms with van der Waals surface area (Å²) in [7, 11) is 0.440. The lowest BCUT2D eigenvalue weighted by molar-refractivity contribution is 0.0601.